The van der Waals surface area contributed by atoms with Crippen molar-refractivity contribution in [1.29, 1.82) is 0 Å². The Morgan fingerprint density at radius 3 is 2.39 bits per heavy atom. The van der Waals surface area contributed by atoms with Crippen molar-refractivity contribution in [2.45, 2.75) is 0 Å². The molecule has 152 valence electrons. The second-order valence-electron chi connectivity index (χ2n) is 6.82. The first-order valence-corrected chi connectivity index (χ1v) is 10.7. The van der Waals surface area contributed by atoms with Crippen LogP contribution in [0.2, 0.25) is 0 Å². The largest absolute Gasteiger partial charge is 0.497 e. The van der Waals surface area contributed by atoms with Gasteiger partial charge in [0.25, 0.3) is 0 Å². The zero-order valence-electron chi connectivity index (χ0n) is 16.8. The van der Waals surface area contributed by atoms with E-state index < -0.39 is 0 Å². The third-order valence-corrected chi connectivity index (χ3v) is 5.77. The number of thiophene rings is 1. The lowest BCUT2D eigenvalue weighted by Gasteiger charge is -2.13. The zero-order valence-corrected chi connectivity index (χ0v) is 17.6. The van der Waals surface area contributed by atoms with Crippen LogP contribution in [0.1, 0.15) is 0 Å². The Labute approximate surface area is 184 Å². The van der Waals surface area contributed by atoms with E-state index in [-0.39, 0.29) is 0 Å². The highest BCUT2D eigenvalue weighted by Crippen LogP contribution is 2.39. The van der Waals surface area contributed by atoms with Gasteiger partial charge in [-0.25, -0.2) is 9.97 Å². The quantitative estimate of drug-likeness (QED) is 0.321. The molecule has 0 aliphatic carbocycles. The molecule has 0 radical (unpaired) electrons. The number of methoxy groups -OCH3 is 1. The molecule has 0 amide bonds. The van der Waals surface area contributed by atoms with Crippen LogP contribution in [0.15, 0.2) is 90.6 Å². The van der Waals surface area contributed by atoms with E-state index in [1.165, 1.54) is 0 Å². The van der Waals surface area contributed by atoms with Gasteiger partial charge in [0.05, 0.1) is 18.2 Å². The zero-order chi connectivity index (χ0) is 21.0. The van der Waals surface area contributed by atoms with Crippen LogP contribution in [0.5, 0.6) is 17.2 Å². The summed E-state index contributed by atoms with van der Waals surface area (Å²) in [7, 11) is 1.67. The molecule has 0 atom stereocenters. The normalized spacial score (nSPS) is 10.7. The van der Waals surface area contributed by atoms with Crippen molar-refractivity contribution < 1.29 is 9.47 Å². The standard InChI is InChI=1S/C25H19N3O2S/c1-29-18-13-11-17(12-14-18)20-15-31-25-23(20)24(26-16-27-25)28-21-9-5-6-10-22(21)30-19-7-3-2-4-8-19/h2-16H,1H3,(H,26,27,28). The van der Waals surface area contributed by atoms with E-state index in [1.807, 2.05) is 78.9 Å². The maximum Gasteiger partial charge on any atom is 0.150 e. The molecular formula is C25H19N3O2S. The number of hydrogen-bond acceptors (Lipinski definition) is 6. The van der Waals surface area contributed by atoms with Gasteiger partial charge in [-0.05, 0) is 42.0 Å². The lowest BCUT2D eigenvalue weighted by Crippen LogP contribution is -1.98. The van der Waals surface area contributed by atoms with Gasteiger partial charge in [-0.15, -0.1) is 11.3 Å². The van der Waals surface area contributed by atoms with E-state index >= 15 is 0 Å². The lowest BCUT2D eigenvalue weighted by atomic mass is 10.1. The molecular weight excluding hydrogens is 406 g/mol. The molecule has 31 heavy (non-hydrogen) atoms. The Hall–Kier alpha value is -3.90. The van der Waals surface area contributed by atoms with Gasteiger partial charge in [0.2, 0.25) is 0 Å². The van der Waals surface area contributed by atoms with Crippen LogP contribution in [-0.2, 0) is 0 Å². The Kier molecular flexibility index (Phi) is 5.21. The molecule has 0 unspecified atom stereocenters. The summed E-state index contributed by atoms with van der Waals surface area (Å²) in [6, 6.07) is 25.6. The Morgan fingerprint density at radius 1 is 0.806 bits per heavy atom. The summed E-state index contributed by atoms with van der Waals surface area (Å²) in [5.74, 6) is 3.06. The second kappa shape index (κ2) is 8.45. The van der Waals surface area contributed by atoms with Crippen LogP contribution in [0.25, 0.3) is 21.3 Å². The molecule has 0 fully saturated rings. The monoisotopic (exact) mass is 425 g/mol. The van der Waals surface area contributed by atoms with E-state index in [0.717, 1.165) is 50.1 Å². The summed E-state index contributed by atoms with van der Waals surface area (Å²) in [4.78, 5) is 9.93. The average Bonchev–Trinajstić information content (AvgIpc) is 3.26. The van der Waals surface area contributed by atoms with Crippen molar-refractivity contribution in [2.24, 2.45) is 0 Å². The number of nitrogens with one attached hydrogen (secondary N) is 1. The molecule has 1 N–H and O–H groups in total. The predicted molar refractivity (Wildman–Crippen MR) is 126 cm³/mol. The lowest BCUT2D eigenvalue weighted by molar-refractivity contribution is 0.415. The van der Waals surface area contributed by atoms with E-state index in [0.29, 0.717) is 0 Å². The minimum absolute atomic E-state index is 0.724. The van der Waals surface area contributed by atoms with E-state index in [9.17, 15) is 0 Å². The fourth-order valence-corrected chi connectivity index (χ4v) is 4.27. The Balaban J connectivity index is 1.54. The molecule has 0 bridgehead atoms. The topological polar surface area (TPSA) is 56.3 Å². The average molecular weight is 426 g/mol. The van der Waals surface area contributed by atoms with Gasteiger partial charge in [0, 0.05) is 10.9 Å². The second-order valence-corrected chi connectivity index (χ2v) is 7.67. The smallest absolute Gasteiger partial charge is 0.150 e. The molecule has 3 aromatic carbocycles. The van der Waals surface area contributed by atoms with Crippen LogP contribution in [0, 0.1) is 0 Å². The van der Waals surface area contributed by atoms with Crippen molar-refractivity contribution in [3.05, 3.63) is 90.6 Å². The number of para-hydroxylation sites is 3. The Bertz CT molecular complexity index is 1320. The van der Waals surface area contributed by atoms with Gasteiger partial charge >= 0.3 is 0 Å². The summed E-state index contributed by atoms with van der Waals surface area (Å²) >= 11 is 1.60. The van der Waals surface area contributed by atoms with E-state index in [1.54, 1.807) is 24.8 Å². The van der Waals surface area contributed by atoms with Crippen molar-refractivity contribution in [3.63, 3.8) is 0 Å². The SMILES string of the molecule is COc1ccc(-c2csc3ncnc(Nc4ccccc4Oc4ccccc4)c23)cc1. The van der Waals surface area contributed by atoms with Crippen LogP contribution >= 0.6 is 11.3 Å². The van der Waals surface area contributed by atoms with Crippen LogP contribution in [0.3, 0.4) is 0 Å². The summed E-state index contributed by atoms with van der Waals surface area (Å²) in [5, 5.41) is 6.55. The molecule has 5 rings (SSSR count). The van der Waals surface area contributed by atoms with Crippen LogP contribution in [0.4, 0.5) is 11.5 Å². The number of fused-ring (bicyclic) bond motifs is 1. The van der Waals surface area contributed by atoms with Crippen molar-refractivity contribution >= 4 is 33.1 Å². The van der Waals surface area contributed by atoms with Crippen LogP contribution in [-0.4, -0.2) is 17.1 Å². The number of aromatic nitrogens is 2. The van der Waals surface area contributed by atoms with Gasteiger partial charge in [0.15, 0.2) is 5.75 Å². The first-order chi connectivity index (χ1) is 15.3. The molecule has 0 aliphatic rings. The first-order valence-electron chi connectivity index (χ1n) is 9.77. The molecule has 0 aliphatic heterocycles. The van der Waals surface area contributed by atoms with Crippen molar-refractivity contribution in [2.75, 3.05) is 12.4 Å². The summed E-state index contributed by atoms with van der Waals surface area (Å²) in [6.07, 6.45) is 1.58. The minimum Gasteiger partial charge on any atom is -0.497 e. The van der Waals surface area contributed by atoms with E-state index in [2.05, 4.69) is 20.7 Å². The van der Waals surface area contributed by atoms with Crippen molar-refractivity contribution in [3.8, 4) is 28.4 Å². The number of ether oxygens (including phenoxy) is 2. The molecule has 5 nitrogen and oxygen atoms in total. The molecule has 0 saturated carbocycles. The highest BCUT2D eigenvalue weighted by molar-refractivity contribution is 7.17. The Morgan fingerprint density at radius 2 is 1.58 bits per heavy atom. The fourth-order valence-electron chi connectivity index (χ4n) is 3.35. The van der Waals surface area contributed by atoms with Gasteiger partial charge in [-0.1, -0.05) is 42.5 Å². The molecule has 2 aromatic heterocycles. The van der Waals surface area contributed by atoms with Gasteiger partial charge in [-0.3, -0.25) is 0 Å². The minimum atomic E-state index is 0.724. The van der Waals surface area contributed by atoms with Gasteiger partial charge in [-0.2, -0.15) is 0 Å². The molecule has 0 saturated heterocycles. The van der Waals surface area contributed by atoms with Gasteiger partial charge < -0.3 is 14.8 Å². The molecule has 0 spiro atoms. The summed E-state index contributed by atoms with van der Waals surface area (Å²) < 4.78 is 11.4. The third kappa shape index (κ3) is 3.93. The highest BCUT2D eigenvalue weighted by Gasteiger charge is 2.15. The number of anilines is 2. The molecule has 2 heterocycles. The number of hydrogen-bond donors (Lipinski definition) is 1. The highest BCUT2D eigenvalue weighted by atomic mass is 32.1. The predicted octanol–water partition coefficient (Wildman–Crippen LogP) is 6.90. The third-order valence-electron chi connectivity index (χ3n) is 4.88. The van der Waals surface area contributed by atoms with Crippen molar-refractivity contribution in [1.82, 2.24) is 9.97 Å². The first kappa shape index (κ1) is 19.1. The number of rotatable bonds is 6. The summed E-state index contributed by atoms with van der Waals surface area (Å²) in [6.45, 7) is 0. The number of benzene rings is 3. The summed E-state index contributed by atoms with van der Waals surface area (Å²) in [5.41, 5.74) is 2.99. The maximum atomic E-state index is 6.10. The van der Waals surface area contributed by atoms with Crippen LogP contribution < -0.4 is 14.8 Å². The number of nitrogens with zero attached hydrogens (tertiary/aromatic N) is 2. The molecule has 6 heteroatoms. The van der Waals surface area contributed by atoms with Gasteiger partial charge in [0.1, 0.15) is 28.5 Å². The fraction of sp³-hybridized carbons (Fsp3) is 0.0400. The van der Waals surface area contributed by atoms with E-state index in [4.69, 9.17) is 9.47 Å². The molecule has 5 aromatic rings. The maximum absolute atomic E-state index is 6.10.